The summed E-state index contributed by atoms with van der Waals surface area (Å²) in [6.45, 7) is 3.93. The Hall–Kier alpha value is -3.74. The molecule has 3 rings (SSSR count). The molecule has 9 heteroatoms. The molecule has 0 aliphatic rings. The van der Waals surface area contributed by atoms with Crippen LogP contribution in [0.3, 0.4) is 0 Å². The minimum absolute atomic E-state index is 0.122. The molecular weight excluding hydrogens is 537 g/mol. The molecule has 3 aromatic rings. The largest absolute Gasteiger partial charge is 0.344 e. The Bertz CT molecular complexity index is 1300. The van der Waals surface area contributed by atoms with Gasteiger partial charge in [-0.3, -0.25) is 18.9 Å². The maximum Gasteiger partial charge on any atom is 0.246 e. The Labute approximate surface area is 242 Å². The van der Waals surface area contributed by atoms with Crippen molar-refractivity contribution in [2.75, 3.05) is 23.0 Å². The second kappa shape index (κ2) is 15.9. The molecule has 41 heavy (non-hydrogen) atoms. The molecule has 218 valence electrons. The molecule has 4 N–H and O–H groups in total. The third-order valence-corrected chi connectivity index (χ3v) is 8.56. The number of aryl methyl sites for hydroxylation is 1. The molecule has 0 aromatic heterocycles. The predicted molar refractivity (Wildman–Crippen MR) is 164 cm³/mol. The van der Waals surface area contributed by atoms with E-state index in [0.717, 1.165) is 5.56 Å². The second-order valence-corrected chi connectivity index (χ2v) is 13.2. The fourth-order valence-corrected chi connectivity index (χ4v) is 6.26. The van der Waals surface area contributed by atoms with Gasteiger partial charge in [-0.2, -0.15) is 0 Å². The van der Waals surface area contributed by atoms with Gasteiger partial charge in [-0.15, -0.1) is 0 Å². The standard InChI is InChI=1S/C32H40N3O5P/c1-24(2)22-29(32(38)34-28-16-10-5-11-17-28)35-31(37)26(19-18-25-12-6-3-7-13-25)23-41(39,40)21-20-30(36)33-27-14-8-4-9-15-27/h3-17,24,26,29H,18-23H2,1-2H3,(H,33,36)(H,34,38)(H,35,37)(H,39,40)/t26-,29+/m1/s1. The van der Waals surface area contributed by atoms with E-state index in [-0.39, 0.29) is 36.5 Å². The zero-order chi connectivity index (χ0) is 29.7. The Balaban J connectivity index is 1.69. The minimum atomic E-state index is -3.85. The summed E-state index contributed by atoms with van der Waals surface area (Å²) in [7, 11) is -3.85. The molecule has 8 nitrogen and oxygen atoms in total. The second-order valence-electron chi connectivity index (χ2n) is 10.7. The normalized spacial score (nSPS) is 14.0. The van der Waals surface area contributed by atoms with Gasteiger partial charge < -0.3 is 20.8 Å². The topological polar surface area (TPSA) is 125 Å². The number of carbonyl (C=O) groups is 3. The fourth-order valence-electron chi connectivity index (χ4n) is 4.49. The number of nitrogens with one attached hydrogen (secondary N) is 3. The molecule has 0 radical (unpaired) electrons. The van der Waals surface area contributed by atoms with Gasteiger partial charge in [0.05, 0.1) is 0 Å². The summed E-state index contributed by atoms with van der Waals surface area (Å²) >= 11 is 0. The quantitative estimate of drug-likeness (QED) is 0.172. The van der Waals surface area contributed by atoms with Crippen LogP contribution in [0.4, 0.5) is 11.4 Å². The third-order valence-electron chi connectivity index (χ3n) is 6.63. The number of carbonyl (C=O) groups excluding carboxylic acids is 3. The maximum absolute atomic E-state index is 13.6. The predicted octanol–water partition coefficient (Wildman–Crippen LogP) is 5.70. The van der Waals surface area contributed by atoms with E-state index in [1.54, 1.807) is 36.4 Å². The van der Waals surface area contributed by atoms with Crippen LogP contribution in [0.2, 0.25) is 0 Å². The number of benzene rings is 3. The first-order valence-corrected chi connectivity index (χ1v) is 16.0. The van der Waals surface area contributed by atoms with Crippen molar-refractivity contribution in [1.29, 1.82) is 0 Å². The Morgan fingerprint density at radius 3 is 1.88 bits per heavy atom. The molecule has 3 aromatic carbocycles. The van der Waals surface area contributed by atoms with Crippen molar-refractivity contribution in [3.8, 4) is 0 Å². The Morgan fingerprint density at radius 1 is 0.780 bits per heavy atom. The molecule has 3 atom stereocenters. The molecule has 0 saturated heterocycles. The number of hydrogen-bond donors (Lipinski definition) is 4. The van der Waals surface area contributed by atoms with Crippen LogP contribution in [0.5, 0.6) is 0 Å². The van der Waals surface area contributed by atoms with Gasteiger partial charge in [0, 0.05) is 36.0 Å². The highest BCUT2D eigenvalue weighted by Crippen LogP contribution is 2.44. The zero-order valence-corrected chi connectivity index (χ0v) is 24.6. The summed E-state index contributed by atoms with van der Waals surface area (Å²) in [6.07, 6.45) is 0.588. The molecule has 1 unspecified atom stereocenters. The first-order valence-electron chi connectivity index (χ1n) is 14.0. The van der Waals surface area contributed by atoms with Gasteiger partial charge in [-0.1, -0.05) is 80.6 Å². The van der Waals surface area contributed by atoms with Crippen molar-refractivity contribution in [3.63, 3.8) is 0 Å². The maximum atomic E-state index is 13.6. The minimum Gasteiger partial charge on any atom is -0.344 e. The number of amides is 3. The van der Waals surface area contributed by atoms with Gasteiger partial charge in [-0.25, -0.2) is 0 Å². The van der Waals surface area contributed by atoms with Gasteiger partial charge in [-0.05, 0) is 55.0 Å². The first kappa shape index (κ1) is 31.8. The number of rotatable bonds is 15. The monoisotopic (exact) mass is 577 g/mol. The van der Waals surface area contributed by atoms with Crippen LogP contribution in [0, 0.1) is 11.8 Å². The fraction of sp³-hybridized carbons (Fsp3) is 0.344. The van der Waals surface area contributed by atoms with Gasteiger partial charge in [0.25, 0.3) is 0 Å². The van der Waals surface area contributed by atoms with Crippen molar-refractivity contribution < 1.29 is 23.8 Å². The van der Waals surface area contributed by atoms with Crippen molar-refractivity contribution in [2.45, 2.75) is 45.6 Å². The molecule has 0 saturated carbocycles. The highest BCUT2D eigenvalue weighted by atomic mass is 31.2. The van der Waals surface area contributed by atoms with Crippen molar-refractivity contribution in [3.05, 3.63) is 96.6 Å². The SMILES string of the molecule is CC(C)C[C@H](NC(=O)[C@H](CCc1ccccc1)CP(=O)(O)CCC(=O)Nc1ccccc1)C(=O)Nc1ccccc1. The van der Waals surface area contributed by atoms with Crippen LogP contribution in [-0.4, -0.2) is 41.0 Å². The molecule has 0 fully saturated rings. The van der Waals surface area contributed by atoms with E-state index >= 15 is 0 Å². The van der Waals surface area contributed by atoms with Crippen molar-refractivity contribution >= 4 is 36.5 Å². The van der Waals surface area contributed by atoms with E-state index in [1.807, 2.05) is 68.4 Å². The van der Waals surface area contributed by atoms with E-state index in [2.05, 4.69) is 16.0 Å². The molecule has 0 aliphatic heterocycles. The summed E-state index contributed by atoms with van der Waals surface area (Å²) in [6, 6.07) is 26.7. The molecule has 0 heterocycles. The van der Waals surface area contributed by atoms with Crippen LogP contribution in [0.15, 0.2) is 91.0 Å². The molecule has 0 aliphatic carbocycles. The van der Waals surface area contributed by atoms with Gasteiger partial charge in [0.2, 0.25) is 25.1 Å². The molecule has 3 amide bonds. The van der Waals surface area contributed by atoms with E-state index in [1.165, 1.54) is 0 Å². The lowest BCUT2D eigenvalue weighted by atomic mass is 9.98. The smallest absolute Gasteiger partial charge is 0.246 e. The molecule has 0 bridgehead atoms. The Morgan fingerprint density at radius 2 is 1.32 bits per heavy atom. The first-order chi connectivity index (χ1) is 19.6. The lowest BCUT2D eigenvalue weighted by molar-refractivity contribution is -0.129. The third kappa shape index (κ3) is 11.7. The van der Waals surface area contributed by atoms with Crippen molar-refractivity contribution in [1.82, 2.24) is 5.32 Å². The average Bonchev–Trinajstić information content (AvgIpc) is 2.95. The molecular formula is C32H40N3O5P. The summed E-state index contributed by atoms with van der Waals surface area (Å²) in [5, 5.41) is 8.43. The van der Waals surface area contributed by atoms with Crippen LogP contribution in [0.1, 0.15) is 38.7 Å². The van der Waals surface area contributed by atoms with Gasteiger partial charge >= 0.3 is 0 Å². The summed E-state index contributed by atoms with van der Waals surface area (Å²) < 4.78 is 13.3. The van der Waals surface area contributed by atoms with Crippen molar-refractivity contribution in [2.24, 2.45) is 11.8 Å². The van der Waals surface area contributed by atoms with E-state index in [9.17, 15) is 23.8 Å². The van der Waals surface area contributed by atoms with Gasteiger partial charge in [0.15, 0.2) is 0 Å². The van der Waals surface area contributed by atoms with E-state index in [4.69, 9.17) is 0 Å². The number of hydrogen-bond acceptors (Lipinski definition) is 4. The van der Waals surface area contributed by atoms with Crippen LogP contribution >= 0.6 is 7.37 Å². The van der Waals surface area contributed by atoms with Crippen LogP contribution < -0.4 is 16.0 Å². The number of anilines is 2. The highest BCUT2D eigenvalue weighted by molar-refractivity contribution is 7.58. The lowest BCUT2D eigenvalue weighted by Gasteiger charge is -2.25. The van der Waals surface area contributed by atoms with Gasteiger partial charge in [0.1, 0.15) is 6.04 Å². The van der Waals surface area contributed by atoms with E-state index in [0.29, 0.717) is 30.6 Å². The highest BCUT2D eigenvalue weighted by Gasteiger charge is 2.32. The Kier molecular flexibility index (Phi) is 12.3. The van der Waals surface area contributed by atoms with E-state index < -0.39 is 25.2 Å². The van der Waals surface area contributed by atoms with Crippen LogP contribution in [0.25, 0.3) is 0 Å². The summed E-state index contributed by atoms with van der Waals surface area (Å²) in [5.74, 6) is -1.85. The summed E-state index contributed by atoms with van der Waals surface area (Å²) in [5.41, 5.74) is 2.23. The number of para-hydroxylation sites is 2. The average molecular weight is 578 g/mol. The molecule has 0 spiro atoms. The van der Waals surface area contributed by atoms with Crippen LogP contribution in [-0.2, 0) is 25.4 Å². The summed E-state index contributed by atoms with van der Waals surface area (Å²) in [4.78, 5) is 49.9. The lowest BCUT2D eigenvalue weighted by Crippen LogP contribution is -2.47. The zero-order valence-electron chi connectivity index (χ0n) is 23.7.